The van der Waals surface area contributed by atoms with E-state index in [4.69, 9.17) is 0 Å². The van der Waals surface area contributed by atoms with Gasteiger partial charge in [-0.3, -0.25) is 4.79 Å². The Morgan fingerprint density at radius 3 is 3.00 bits per heavy atom. The normalized spacial score (nSPS) is 10.4. The second-order valence-corrected chi connectivity index (χ2v) is 3.85. The Labute approximate surface area is 108 Å². The third-order valence-corrected chi connectivity index (χ3v) is 2.66. The molecular weight excluding hydrogens is 251 g/mol. The van der Waals surface area contributed by atoms with Crippen LogP contribution in [-0.2, 0) is 13.1 Å². The summed E-state index contributed by atoms with van der Waals surface area (Å²) in [5.41, 5.74) is -0.370. The first-order chi connectivity index (χ1) is 9.13. The molecule has 7 heteroatoms. The number of carbonyl (C=O) groups is 1. The summed E-state index contributed by atoms with van der Waals surface area (Å²) in [6.45, 7) is 2.70. The van der Waals surface area contributed by atoms with Crippen LogP contribution in [0.25, 0.3) is 0 Å². The average molecular weight is 264 g/mol. The molecule has 6 nitrogen and oxygen atoms in total. The van der Waals surface area contributed by atoms with Crippen molar-refractivity contribution in [3.63, 3.8) is 0 Å². The summed E-state index contributed by atoms with van der Waals surface area (Å²) in [5.74, 6) is -1.29. The van der Waals surface area contributed by atoms with Crippen LogP contribution in [0.3, 0.4) is 0 Å². The molecule has 19 heavy (non-hydrogen) atoms. The number of nitrogens with zero attached hydrogens (tertiary/aromatic N) is 3. The second kappa shape index (κ2) is 5.47. The first-order valence-corrected chi connectivity index (χ1v) is 5.75. The lowest BCUT2D eigenvalue weighted by molar-refractivity contribution is 0.0942. The van der Waals surface area contributed by atoms with Crippen molar-refractivity contribution in [1.82, 2.24) is 20.1 Å². The number of benzene rings is 1. The van der Waals surface area contributed by atoms with Gasteiger partial charge >= 0.3 is 0 Å². The van der Waals surface area contributed by atoms with Gasteiger partial charge in [0.2, 0.25) is 0 Å². The molecule has 0 radical (unpaired) electrons. The van der Waals surface area contributed by atoms with Crippen LogP contribution in [-0.4, -0.2) is 25.8 Å². The Morgan fingerprint density at radius 1 is 1.53 bits per heavy atom. The molecule has 1 amide bonds. The fourth-order valence-electron chi connectivity index (χ4n) is 1.67. The Morgan fingerprint density at radius 2 is 2.32 bits per heavy atom. The van der Waals surface area contributed by atoms with Crippen LogP contribution >= 0.6 is 0 Å². The number of amides is 1. The van der Waals surface area contributed by atoms with Gasteiger partial charge in [-0.05, 0) is 19.1 Å². The maximum atomic E-state index is 13.5. The van der Waals surface area contributed by atoms with Gasteiger partial charge in [0.1, 0.15) is 23.5 Å². The van der Waals surface area contributed by atoms with Gasteiger partial charge in [-0.2, -0.15) is 0 Å². The summed E-state index contributed by atoms with van der Waals surface area (Å²) >= 11 is 0. The number of hydrogen-bond donors (Lipinski definition) is 2. The van der Waals surface area contributed by atoms with Crippen LogP contribution < -0.4 is 5.32 Å². The predicted molar refractivity (Wildman–Crippen MR) is 64.9 cm³/mol. The van der Waals surface area contributed by atoms with E-state index in [1.807, 2.05) is 6.92 Å². The molecule has 1 aromatic heterocycles. The molecule has 0 saturated carbocycles. The summed E-state index contributed by atoms with van der Waals surface area (Å²) < 4.78 is 15.2. The molecule has 100 valence electrons. The van der Waals surface area contributed by atoms with Crippen molar-refractivity contribution in [2.75, 3.05) is 0 Å². The van der Waals surface area contributed by atoms with Crippen LogP contribution in [0, 0.1) is 5.82 Å². The highest BCUT2D eigenvalue weighted by Crippen LogP contribution is 2.19. The van der Waals surface area contributed by atoms with Crippen molar-refractivity contribution >= 4 is 5.91 Å². The molecule has 0 aliphatic heterocycles. The van der Waals surface area contributed by atoms with E-state index in [9.17, 15) is 14.3 Å². The van der Waals surface area contributed by atoms with E-state index >= 15 is 0 Å². The van der Waals surface area contributed by atoms with Crippen LogP contribution in [0.1, 0.15) is 23.1 Å². The number of carbonyl (C=O) groups excluding carboxylic acids is 1. The number of aryl methyl sites for hydroxylation is 1. The SMILES string of the molecule is CCn1cnnc1CNC(=O)c1c(O)cccc1F. The third-order valence-electron chi connectivity index (χ3n) is 2.66. The fourth-order valence-corrected chi connectivity index (χ4v) is 1.67. The smallest absolute Gasteiger partial charge is 0.258 e. The second-order valence-electron chi connectivity index (χ2n) is 3.85. The van der Waals surface area contributed by atoms with Gasteiger partial charge in [-0.25, -0.2) is 4.39 Å². The molecule has 0 unspecified atom stereocenters. The zero-order valence-electron chi connectivity index (χ0n) is 10.3. The van der Waals surface area contributed by atoms with Gasteiger partial charge in [-0.15, -0.1) is 10.2 Å². The molecule has 1 aromatic carbocycles. The quantitative estimate of drug-likeness (QED) is 0.865. The van der Waals surface area contributed by atoms with Crippen molar-refractivity contribution in [1.29, 1.82) is 0 Å². The van der Waals surface area contributed by atoms with Gasteiger partial charge in [0.05, 0.1) is 6.54 Å². The fraction of sp³-hybridized carbons (Fsp3) is 0.250. The van der Waals surface area contributed by atoms with Crippen molar-refractivity contribution in [2.24, 2.45) is 0 Å². The summed E-state index contributed by atoms with van der Waals surface area (Å²) in [6, 6.07) is 3.70. The summed E-state index contributed by atoms with van der Waals surface area (Å²) in [5, 5.41) is 19.5. The number of aromatic hydroxyl groups is 1. The van der Waals surface area contributed by atoms with Gasteiger partial charge in [0.25, 0.3) is 5.91 Å². The molecule has 2 aromatic rings. The molecule has 2 rings (SSSR count). The number of hydrogen-bond acceptors (Lipinski definition) is 4. The predicted octanol–water partition coefficient (Wildman–Crippen LogP) is 1.07. The maximum Gasteiger partial charge on any atom is 0.258 e. The van der Waals surface area contributed by atoms with Crippen molar-refractivity contribution in [3.8, 4) is 5.75 Å². The number of aromatic nitrogens is 3. The van der Waals surface area contributed by atoms with Crippen LogP contribution in [0.2, 0.25) is 0 Å². The van der Waals surface area contributed by atoms with Crippen molar-refractivity contribution < 1.29 is 14.3 Å². The van der Waals surface area contributed by atoms with Gasteiger partial charge in [-0.1, -0.05) is 6.07 Å². The molecule has 0 aliphatic rings. The standard InChI is InChI=1S/C12H13FN4O2/c1-2-17-7-15-16-10(17)6-14-12(19)11-8(13)4-3-5-9(11)18/h3-5,7,18H,2,6H2,1H3,(H,14,19). The highest BCUT2D eigenvalue weighted by Gasteiger charge is 2.16. The van der Waals surface area contributed by atoms with E-state index in [-0.39, 0.29) is 12.1 Å². The highest BCUT2D eigenvalue weighted by atomic mass is 19.1. The Hall–Kier alpha value is -2.44. The molecule has 0 fully saturated rings. The lowest BCUT2D eigenvalue weighted by atomic mass is 10.1. The maximum absolute atomic E-state index is 13.5. The summed E-state index contributed by atoms with van der Waals surface area (Å²) in [7, 11) is 0. The minimum absolute atomic E-state index is 0.112. The summed E-state index contributed by atoms with van der Waals surface area (Å²) in [4.78, 5) is 11.8. The highest BCUT2D eigenvalue weighted by molar-refractivity contribution is 5.96. The number of phenolic OH excluding ortho intramolecular Hbond substituents is 1. The van der Waals surface area contributed by atoms with Crippen LogP contribution in [0.15, 0.2) is 24.5 Å². The number of nitrogens with one attached hydrogen (secondary N) is 1. The largest absolute Gasteiger partial charge is 0.507 e. The minimum Gasteiger partial charge on any atom is -0.507 e. The summed E-state index contributed by atoms with van der Waals surface area (Å²) in [6.07, 6.45) is 1.54. The molecule has 0 aliphatic carbocycles. The van der Waals surface area contributed by atoms with E-state index in [0.717, 1.165) is 6.07 Å². The molecule has 2 N–H and O–H groups in total. The first-order valence-electron chi connectivity index (χ1n) is 5.75. The first kappa shape index (κ1) is 13.0. The lowest BCUT2D eigenvalue weighted by Crippen LogP contribution is -2.25. The van der Waals surface area contributed by atoms with E-state index in [0.29, 0.717) is 12.4 Å². The molecular formula is C12H13FN4O2. The van der Waals surface area contributed by atoms with E-state index in [1.54, 1.807) is 10.9 Å². The zero-order chi connectivity index (χ0) is 13.8. The topological polar surface area (TPSA) is 80.0 Å². The van der Waals surface area contributed by atoms with Crippen molar-refractivity contribution in [2.45, 2.75) is 20.0 Å². The number of halogens is 1. The van der Waals surface area contributed by atoms with Gasteiger partial charge in [0.15, 0.2) is 5.82 Å². The molecule has 0 bridgehead atoms. The number of phenols is 1. The number of rotatable bonds is 4. The Bertz CT molecular complexity index is 577. The average Bonchev–Trinajstić information content (AvgIpc) is 2.83. The lowest BCUT2D eigenvalue weighted by Gasteiger charge is -2.08. The van der Waals surface area contributed by atoms with Crippen molar-refractivity contribution in [3.05, 3.63) is 41.7 Å². The molecule has 0 spiro atoms. The van der Waals surface area contributed by atoms with E-state index in [2.05, 4.69) is 15.5 Å². The molecule has 1 heterocycles. The van der Waals surface area contributed by atoms with Gasteiger partial charge in [0, 0.05) is 6.54 Å². The Kier molecular flexibility index (Phi) is 3.74. The zero-order valence-corrected chi connectivity index (χ0v) is 10.3. The minimum atomic E-state index is -0.769. The Balaban J connectivity index is 2.10. The van der Waals surface area contributed by atoms with Gasteiger partial charge < -0.3 is 15.0 Å². The van der Waals surface area contributed by atoms with Crippen LogP contribution in [0.5, 0.6) is 5.75 Å². The molecule has 0 atom stereocenters. The monoisotopic (exact) mass is 264 g/mol. The van der Waals surface area contributed by atoms with E-state index < -0.39 is 17.5 Å². The third kappa shape index (κ3) is 2.70. The van der Waals surface area contributed by atoms with E-state index in [1.165, 1.54) is 12.1 Å². The van der Waals surface area contributed by atoms with Crippen LogP contribution in [0.4, 0.5) is 4.39 Å². The molecule has 0 saturated heterocycles.